The van der Waals surface area contributed by atoms with Crippen molar-refractivity contribution in [2.75, 3.05) is 32.0 Å². The van der Waals surface area contributed by atoms with E-state index in [1.54, 1.807) is 0 Å². The molecule has 1 saturated carbocycles. The largest absolute Gasteiger partial charge is 0.473 e. The number of ether oxygens (including phenoxy) is 2. The van der Waals surface area contributed by atoms with Gasteiger partial charge in [0, 0.05) is 32.5 Å². The molecule has 5 atom stereocenters. The summed E-state index contributed by atoms with van der Waals surface area (Å²) in [6.07, 6.45) is 0.863. The number of imidazole rings is 1. The molecule has 4 aliphatic rings. The first kappa shape index (κ1) is 34.4. The predicted molar refractivity (Wildman–Crippen MR) is 166 cm³/mol. The third-order valence-electron chi connectivity index (χ3n) is 8.93. The smallest absolute Gasteiger partial charge is 0.385 e. The van der Waals surface area contributed by atoms with Crippen molar-refractivity contribution >= 4 is 46.8 Å². The van der Waals surface area contributed by atoms with E-state index < -0.39 is 36.9 Å². The Morgan fingerprint density at radius 1 is 1.27 bits per heavy atom. The van der Waals surface area contributed by atoms with Crippen molar-refractivity contribution in [3.8, 4) is 0 Å². The molecule has 45 heavy (non-hydrogen) atoms. The fourth-order valence-electron chi connectivity index (χ4n) is 6.26. The summed E-state index contributed by atoms with van der Waals surface area (Å²) in [4.78, 5) is 44.6. The average molecular weight is 721 g/mol. The minimum Gasteiger partial charge on any atom is -0.385 e. The Bertz CT molecular complexity index is 1570. The summed E-state index contributed by atoms with van der Waals surface area (Å²) in [5.74, 6) is -0.253. The van der Waals surface area contributed by atoms with E-state index in [1.807, 2.05) is 0 Å². The van der Waals surface area contributed by atoms with E-state index in [9.17, 15) is 24.2 Å². The van der Waals surface area contributed by atoms with Crippen LogP contribution in [0.3, 0.4) is 0 Å². The van der Waals surface area contributed by atoms with Gasteiger partial charge in [-0.15, -0.1) is 0 Å². The van der Waals surface area contributed by atoms with Gasteiger partial charge >= 0.3 is 7.82 Å². The molecule has 0 aromatic carbocycles. The summed E-state index contributed by atoms with van der Waals surface area (Å²) in [5, 5.41) is 14.1. The van der Waals surface area contributed by atoms with E-state index in [4.69, 9.17) is 30.0 Å². The third-order valence-corrected chi connectivity index (χ3v) is 10.5. The molecule has 3 aliphatic heterocycles. The normalized spacial score (nSPS) is 29.5. The summed E-state index contributed by atoms with van der Waals surface area (Å²) in [6.45, 7) is 9.80. The summed E-state index contributed by atoms with van der Waals surface area (Å²) >= 11 is 3.34. The second-order valence-electron chi connectivity index (χ2n) is 13.5. The number of halogens is 1. The number of hydrogen-bond donors (Lipinski definition) is 5. The SMILES string of the molecule is CC(C)(CCOC(C)(C)CCCN)CNC(=O)CCCn1c(N)nc2c(nc(Br)n2C23CC4(OP(=O)(O)OCC4O2)C3O)c1=O. The number of aromatic nitrogens is 4. The van der Waals surface area contributed by atoms with Crippen molar-refractivity contribution in [1.29, 1.82) is 0 Å². The fraction of sp³-hybridized carbons (Fsp3) is 0.778. The number of amides is 1. The first-order valence-corrected chi connectivity index (χ1v) is 17.3. The van der Waals surface area contributed by atoms with Crippen LogP contribution in [0, 0.1) is 5.41 Å². The van der Waals surface area contributed by atoms with Crippen LogP contribution in [0.2, 0.25) is 0 Å². The van der Waals surface area contributed by atoms with Gasteiger partial charge < -0.3 is 36.3 Å². The number of fused-ring (bicyclic) bond motifs is 1. The lowest BCUT2D eigenvalue weighted by atomic mass is 9.70. The number of phosphoric acid groups is 1. The number of nitrogens with zero attached hydrogens (tertiary/aromatic N) is 4. The number of phosphoric ester groups is 1. The molecule has 6 rings (SSSR count). The quantitative estimate of drug-likeness (QED) is 0.138. The summed E-state index contributed by atoms with van der Waals surface area (Å²) in [7, 11) is -4.36. The molecule has 2 aromatic heterocycles. The lowest BCUT2D eigenvalue weighted by Gasteiger charge is -2.50. The van der Waals surface area contributed by atoms with E-state index in [1.165, 1.54) is 9.13 Å². The van der Waals surface area contributed by atoms with Gasteiger partial charge in [0.15, 0.2) is 21.6 Å². The van der Waals surface area contributed by atoms with Gasteiger partial charge in [-0.1, -0.05) is 13.8 Å². The maximum Gasteiger partial charge on any atom is 0.473 e. The van der Waals surface area contributed by atoms with Gasteiger partial charge in [-0.05, 0) is 67.4 Å². The monoisotopic (exact) mass is 719 g/mol. The number of carbonyl (C=O) groups is 1. The summed E-state index contributed by atoms with van der Waals surface area (Å²) in [6, 6.07) is 0. The molecule has 1 aliphatic carbocycles. The molecule has 0 radical (unpaired) electrons. The Balaban J connectivity index is 1.19. The number of rotatable bonds is 14. The molecular formula is C27H43BrN7O9P. The first-order chi connectivity index (χ1) is 21.0. The van der Waals surface area contributed by atoms with Crippen LogP contribution in [0.1, 0.15) is 66.2 Å². The topological polar surface area (TPSA) is 228 Å². The number of aliphatic hydroxyl groups is 1. The number of nitrogens with two attached hydrogens (primary N) is 2. The van der Waals surface area contributed by atoms with E-state index in [-0.39, 0.29) is 64.8 Å². The average Bonchev–Trinajstić information content (AvgIpc) is 3.54. The number of carbonyl (C=O) groups excluding carboxylic acids is 1. The zero-order chi connectivity index (χ0) is 33.0. The molecule has 4 fully saturated rings. The van der Waals surface area contributed by atoms with Crippen LogP contribution in [-0.4, -0.2) is 84.7 Å². The number of nitrogen functional groups attached to an aromatic ring is 1. The number of aliphatic hydroxyl groups excluding tert-OH is 1. The van der Waals surface area contributed by atoms with Crippen LogP contribution in [0.5, 0.6) is 0 Å². The molecule has 2 aromatic rings. The lowest BCUT2D eigenvalue weighted by molar-refractivity contribution is -0.215. The van der Waals surface area contributed by atoms with Gasteiger partial charge in [0.1, 0.15) is 17.8 Å². The van der Waals surface area contributed by atoms with Gasteiger partial charge in [-0.2, -0.15) is 4.98 Å². The third kappa shape index (κ3) is 6.48. The molecule has 2 bridgehead atoms. The van der Waals surface area contributed by atoms with Gasteiger partial charge in [-0.3, -0.25) is 27.8 Å². The highest BCUT2D eigenvalue weighted by Gasteiger charge is 2.81. The summed E-state index contributed by atoms with van der Waals surface area (Å²) in [5.41, 5.74) is 7.99. The Hall–Kier alpha value is -1.95. The number of anilines is 1. The molecule has 16 nitrogen and oxygen atoms in total. The molecule has 252 valence electrons. The van der Waals surface area contributed by atoms with Crippen LogP contribution in [0.4, 0.5) is 5.95 Å². The predicted octanol–water partition coefficient (Wildman–Crippen LogP) is 1.49. The van der Waals surface area contributed by atoms with Gasteiger partial charge in [0.05, 0.1) is 12.2 Å². The Labute approximate surface area is 268 Å². The lowest BCUT2D eigenvalue weighted by Crippen LogP contribution is -2.67. The van der Waals surface area contributed by atoms with Crippen molar-refractivity contribution in [1.82, 2.24) is 24.4 Å². The molecule has 1 amide bonds. The first-order valence-electron chi connectivity index (χ1n) is 15.1. The Morgan fingerprint density at radius 3 is 2.69 bits per heavy atom. The second-order valence-corrected chi connectivity index (χ2v) is 15.5. The van der Waals surface area contributed by atoms with Crippen LogP contribution >= 0.6 is 23.8 Å². The Kier molecular flexibility index (Phi) is 9.36. The molecule has 7 N–H and O–H groups in total. The van der Waals surface area contributed by atoms with E-state index in [0.717, 1.165) is 19.3 Å². The van der Waals surface area contributed by atoms with Crippen LogP contribution in [-0.2, 0) is 40.2 Å². The zero-order valence-corrected chi connectivity index (χ0v) is 28.4. The maximum absolute atomic E-state index is 13.4. The highest BCUT2D eigenvalue weighted by atomic mass is 79.9. The second kappa shape index (κ2) is 12.3. The van der Waals surface area contributed by atoms with Crippen molar-refractivity contribution < 1.29 is 37.9 Å². The van der Waals surface area contributed by atoms with Crippen molar-refractivity contribution in [3.05, 3.63) is 15.1 Å². The van der Waals surface area contributed by atoms with Crippen LogP contribution < -0.4 is 22.3 Å². The van der Waals surface area contributed by atoms with Crippen LogP contribution in [0.25, 0.3) is 11.2 Å². The molecule has 1 spiro atoms. The zero-order valence-electron chi connectivity index (χ0n) is 26.0. The molecule has 18 heteroatoms. The highest BCUT2D eigenvalue weighted by molar-refractivity contribution is 9.10. The van der Waals surface area contributed by atoms with Crippen LogP contribution in [0.15, 0.2) is 9.53 Å². The van der Waals surface area contributed by atoms with Gasteiger partial charge in [-0.25, -0.2) is 9.55 Å². The highest BCUT2D eigenvalue weighted by Crippen LogP contribution is 2.69. The van der Waals surface area contributed by atoms with Crippen molar-refractivity contribution in [2.24, 2.45) is 11.1 Å². The van der Waals surface area contributed by atoms with Crippen molar-refractivity contribution in [2.45, 2.75) is 102 Å². The number of hydrogen-bond acceptors (Lipinski definition) is 12. The van der Waals surface area contributed by atoms with Gasteiger partial charge in [0.25, 0.3) is 5.56 Å². The molecular weight excluding hydrogens is 677 g/mol. The molecule has 5 heterocycles. The molecule has 5 unspecified atom stereocenters. The fourth-order valence-corrected chi connectivity index (χ4v) is 7.99. The minimum absolute atomic E-state index is 0.000192. The van der Waals surface area contributed by atoms with E-state index >= 15 is 0 Å². The minimum atomic E-state index is -4.36. The van der Waals surface area contributed by atoms with Crippen molar-refractivity contribution in [3.63, 3.8) is 0 Å². The maximum atomic E-state index is 13.4. The molecule has 3 saturated heterocycles. The van der Waals surface area contributed by atoms with E-state index in [0.29, 0.717) is 26.1 Å². The standard InChI is InChI=1S/C27H43BrN7O9P/c1-24(2,9-12-41-25(3,4)8-6-10-29)15-31-17(36)7-5-11-34-20(37)18-19(33-23(34)30)35(22(28)32-18)27-14-26(21(27)38)16(43-27)13-42-45(39,40)44-26/h16,21,38H,5-15,29H2,1-4H3,(H2,30,33)(H,31,36)(H,39,40). The van der Waals surface area contributed by atoms with Gasteiger partial charge in [0.2, 0.25) is 11.9 Å². The van der Waals surface area contributed by atoms with E-state index in [2.05, 4.69) is 58.9 Å². The Morgan fingerprint density at radius 2 is 2.00 bits per heavy atom. The summed E-state index contributed by atoms with van der Waals surface area (Å²) < 4.78 is 37.1. The number of nitrogens with one attached hydrogen (secondary N) is 1.